The number of benzene rings is 3. The van der Waals surface area contributed by atoms with Crippen LogP contribution in [0.1, 0.15) is 52.0 Å². The molecule has 3 aromatic rings. The van der Waals surface area contributed by atoms with Crippen LogP contribution in [0, 0.1) is 0 Å². The highest BCUT2D eigenvalue weighted by atomic mass is 32.2. The summed E-state index contributed by atoms with van der Waals surface area (Å²) >= 11 is 0. The fraction of sp³-hybridized carbons (Fsp3) is 0.424. The fourth-order valence-corrected chi connectivity index (χ4v) is 6.43. The lowest BCUT2D eigenvalue weighted by Crippen LogP contribution is -2.54. The Bertz CT molecular complexity index is 1560. The number of unbranched alkanes of at least 4 members (excludes halogenated alkanes) is 1. The summed E-state index contributed by atoms with van der Waals surface area (Å²) < 4.78 is 35.0. The van der Waals surface area contributed by atoms with E-state index in [0.29, 0.717) is 45.3 Å². The third kappa shape index (κ3) is 9.27. The highest BCUT2D eigenvalue weighted by molar-refractivity contribution is 7.89. The van der Waals surface area contributed by atoms with Crippen LogP contribution in [0.3, 0.4) is 0 Å². The number of rotatable bonds is 12. The van der Waals surface area contributed by atoms with Gasteiger partial charge < -0.3 is 20.3 Å². The molecule has 1 aliphatic heterocycles. The van der Waals surface area contributed by atoms with Crippen LogP contribution >= 0.6 is 0 Å². The van der Waals surface area contributed by atoms with Gasteiger partial charge in [-0.15, -0.1) is 0 Å². The molecule has 0 aromatic heterocycles. The number of carbonyl (C=O) groups excluding carboxylic acids is 3. The van der Waals surface area contributed by atoms with Crippen molar-refractivity contribution in [1.29, 1.82) is 0 Å². The van der Waals surface area contributed by atoms with Gasteiger partial charge in [-0.25, -0.2) is 13.2 Å². The zero-order valence-electron chi connectivity index (χ0n) is 25.5. The van der Waals surface area contributed by atoms with Crippen molar-refractivity contribution >= 4 is 38.7 Å². The van der Waals surface area contributed by atoms with Gasteiger partial charge >= 0.3 is 6.09 Å². The van der Waals surface area contributed by atoms with Crippen molar-refractivity contribution in [1.82, 2.24) is 20.3 Å². The van der Waals surface area contributed by atoms with Crippen molar-refractivity contribution in [2.24, 2.45) is 0 Å². The zero-order valence-corrected chi connectivity index (χ0v) is 26.4. The van der Waals surface area contributed by atoms with Gasteiger partial charge in [0.1, 0.15) is 17.7 Å². The van der Waals surface area contributed by atoms with Crippen molar-refractivity contribution in [3.8, 4) is 0 Å². The molecule has 1 aliphatic rings. The van der Waals surface area contributed by atoms with Gasteiger partial charge in [0, 0.05) is 19.6 Å². The lowest BCUT2D eigenvalue weighted by atomic mass is 10.1. The average molecular weight is 623 g/mol. The monoisotopic (exact) mass is 622 g/mol. The summed E-state index contributed by atoms with van der Waals surface area (Å²) in [4.78, 5) is 40.4. The molecule has 44 heavy (non-hydrogen) atoms. The Morgan fingerprint density at radius 3 is 2.27 bits per heavy atom. The molecule has 3 aromatic carbocycles. The maximum absolute atomic E-state index is 13.9. The van der Waals surface area contributed by atoms with Gasteiger partial charge in [-0.2, -0.15) is 4.72 Å². The number of nitrogens with one attached hydrogen (secondary N) is 3. The summed E-state index contributed by atoms with van der Waals surface area (Å²) in [5, 5.41) is 7.28. The predicted molar refractivity (Wildman–Crippen MR) is 169 cm³/mol. The quantitative estimate of drug-likeness (QED) is 0.260. The minimum atomic E-state index is -4.06. The van der Waals surface area contributed by atoms with E-state index < -0.39 is 39.7 Å². The summed E-state index contributed by atoms with van der Waals surface area (Å²) in [6.07, 6.45) is 2.06. The number of amides is 3. The van der Waals surface area contributed by atoms with Gasteiger partial charge in [-0.1, -0.05) is 60.7 Å². The van der Waals surface area contributed by atoms with E-state index in [1.165, 1.54) is 11.0 Å². The Balaban J connectivity index is 1.39. The van der Waals surface area contributed by atoms with Crippen LogP contribution < -0.4 is 15.4 Å². The summed E-state index contributed by atoms with van der Waals surface area (Å²) in [6, 6.07) is 19.8. The van der Waals surface area contributed by atoms with Gasteiger partial charge in [0.25, 0.3) is 0 Å². The molecule has 1 heterocycles. The Morgan fingerprint density at radius 2 is 1.57 bits per heavy atom. The van der Waals surface area contributed by atoms with E-state index >= 15 is 0 Å². The second-order valence-corrected chi connectivity index (χ2v) is 13.7. The van der Waals surface area contributed by atoms with Crippen LogP contribution in [0.15, 0.2) is 77.7 Å². The maximum Gasteiger partial charge on any atom is 0.407 e. The highest BCUT2D eigenvalue weighted by Crippen LogP contribution is 2.23. The molecule has 3 amide bonds. The first-order valence-corrected chi connectivity index (χ1v) is 16.5. The van der Waals surface area contributed by atoms with Crippen LogP contribution in [-0.4, -0.2) is 68.5 Å². The highest BCUT2D eigenvalue weighted by Gasteiger charge is 2.38. The molecule has 11 heteroatoms. The third-order valence-corrected chi connectivity index (χ3v) is 8.79. The minimum absolute atomic E-state index is 0.0685. The van der Waals surface area contributed by atoms with E-state index in [9.17, 15) is 22.8 Å². The van der Waals surface area contributed by atoms with E-state index in [-0.39, 0.29) is 17.2 Å². The molecular formula is C33H42N4O6S. The van der Waals surface area contributed by atoms with Crippen molar-refractivity contribution in [3.63, 3.8) is 0 Å². The Hall–Kier alpha value is -3.96. The average Bonchev–Trinajstić information content (AvgIpc) is 3.47. The predicted octanol–water partition coefficient (Wildman–Crippen LogP) is 4.14. The normalized spacial score (nSPS) is 16.0. The third-order valence-electron chi connectivity index (χ3n) is 7.32. The first kappa shape index (κ1) is 32.9. The van der Waals surface area contributed by atoms with E-state index in [1.54, 1.807) is 32.9 Å². The number of likely N-dealkylation sites (tertiary alicyclic amines) is 1. The van der Waals surface area contributed by atoms with Crippen LogP contribution in [0.5, 0.6) is 0 Å². The van der Waals surface area contributed by atoms with Crippen LogP contribution in [0.25, 0.3) is 10.8 Å². The van der Waals surface area contributed by atoms with Crippen LogP contribution in [0.2, 0.25) is 0 Å². The summed E-state index contributed by atoms with van der Waals surface area (Å²) in [6.45, 7) is 6.54. The van der Waals surface area contributed by atoms with Crippen molar-refractivity contribution in [2.75, 3.05) is 19.6 Å². The van der Waals surface area contributed by atoms with Gasteiger partial charge in [-0.05, 0) is 81.3 Å². The summed E-state index contributed by atoms with van der Waals surface area (Å²) in [5.74, 6) is -0.704. The molecule has 0 aliphatic carbocycles. The van der Waals surface area contributed by atoms with Crippen LogP contribution in [0.4, 0.5) is 4.79 Å². The lowest BCUT2D eigenvalue weighted by molar-refractivity contribution is -0.139. The van der Waals surface area contributed by atoms with Gasteiger partial charge in [0.05, 0.1) is 4.90 Å². The van der Waals surface area contributed by atoms with Crippen molar-refractivity contribution in [2.45, 2.75) is 75.5 Å². The van der Waals surface area contributed by atoms with E-state index in [2.05, 4.69) is 15.4 Å². The van der Waals surface area contributed by atoms with Crippen molar-refractivity contribution < 1.29 is 27.5 Å². The van der Waals surface area contributed by atoms with Crippen LogP contribution in [-0.2, 0) is 30.8 Å². The molecule has 0 radical (unpaired) electrons. The second kappa shape index (κ2) is 14.7. The first-order chi connectivity index (χ1) is 20.9. The molecule has 0 unspecified atom stereocenters. The molecule has 1 fully saturated rings. The first-order valence-electron chi connectivity index (χ1n) is 15.0. The molecule has 2 atom stereocenters. The van der Waals surface area contributed by atoms with E-state index in [1.807, 2.05) is 54.6 Å². The smallest absolute Gasteiger partial charge is 0.407 e. The second-order valence-electron chi connectivity index (χ2n) is 12.0. The van der Waals surface area contributed by atoms with Gasteiger partial charge in [0.2, 0.25) is 21.8 Å². The Kier molecular flexibility index (Phi) is 11.0. The molecule has 0 saturated carbocycles. The molecule has 0 bridgehead atoms. The van der Waals surface area contributed by atoms with E-state index in [4.69, 9.17) is 4.74 Å². The number of fused-ring (bicyclic) bond motifs is 1. The maximum atomic E-state index is 13.9. The van der Waals surface area contributed by atoms with E-state index in [0.717, 1.165) is 16.3 Å². The minimum Gasteiger partial charge on any atom is -0.444 e. The summed E-state index contributed by atoms with van der Waals surface area (Å²) in [7, 11) is -4.06. The summed E-state index contributed by atoms with van der Waals surface area (Å²) in [5.41, 5.74) is 0.228. The molecule has 236 valence electrons. The lowest BCUT2D eigenvalue weighted by Gasteiger charge is -2.29. The number of hydrogen-bond acceptors (Lipinski definition) is 6. The molecular weight excluding hydrogens is 580 g/mol. The van der Waals surface area contributed by atoms with Gasteiger partial charge in [-0.3, -0.25) is 9.59 Å². The van der Waals surface area contributed by atoms with Crippen molar-refractivity contribution in [3.05, 3.63) is 78.4 Å². The largest absolute Gasteiger partial charge is 0.444 e. The number of sulfonamides is 1. The van der Waals surface area contributed by atoms with Gasteiger partial charge in [0.15, 0.2) is 0 Å². The molecule has 10 nitrogen and oxygen atoms in total. The standard InChI is InChI=1S/C33H42N4O6S/c1-33(2,3)43-32(40)35-20-10-9-19-34-30(38)29-16-11-21-37(29)31(39)28(22-24-12-5-4-6-13-24)36-44(41,42)27-18-17-25-14-7-8-15-26(25)23-27/h4-8,12-15,17-18,23,28-29,36H,9-11,16,19-22H2,1-3H3,(H,34,38)(H,35,40)/t28-,29+/m1/s1. The molecule has 3 N–H and O–H groups in total. The molecule has 0 spiro atoms. The number of ether oxygens (including phenoxy) is 1. The topological polar surface area (TPSA) is 134 Å². The number of hydrogen-bond donors (Lipinski definition) is 3. The Labute approximate surface area is 259 Å². The Morgan fingerprint density at radius 1 is 0.909 bits per heavy atom. The SMILES string of the molecule is CC(C)(C)OC(=O)NCCCCNC(=O)[C@@H]1CCCN1C(=O)[C@@H](Cc1ccccc1)NS(=O)(=O)c1ccc2ccccc2c1. The molecule has 4 rings (SSSR count). The number of alkyl carbamates (subject to hydrolysis) is 1. The number of carbonyl (C=O) groups is 3. The zero-order chi connectivity index (χ0) is 31.7. The molecule has 1 saturated heterocycles. The number of nitrogens with zero attached hydrogens (tertiary/aromatic N) is 1. The fourth-order valence-electron chi connectivity index (χ4n) is 5.21.